The Hall–Kier alpha value is -2.86. The third-order valence-electron chi connectivity index (χ3n) is 3.27. The van der Waals surface area contributed by atoms with Crippen LogP contribution in [0, 0.1) is 0 Å². The van der Waals surface area contributed by atoms with E-state index in [9.17, 15) is 14.7 Å². The first-order chi connectivity index (χ1) is 11.7. The lowest BCUT2D eigenvalue weighted by molar-refractivity contribution is -0.115. The van der Waals surface area contributed by atoms with Crippen molar-refractivity contribution in [2.75, 3.05) is 11.9 Å². The number of aliphatic hydroxyl groups is 1. The molecule has 0 bridgehead atoms. The van der Waals surface area contributed by atoms with Gasteiger partial charge in [-0.15, -0.1) is 0 Å². The number of ether oxygens (including phenoxy) is 1. The van der Waals surface area contributed by atoms with Crippen LogP contribution in [0.15, 0.2) is 48.5 Å². The zero-order valence-electron chi connectivity index (χ0n) is 14.2. The van der Waals surface area contributed by atoms with Crippen molar-refractivity contribution in [2.45, 2.75) is 25.9 Å². The molecule has 0 fully saturated rings. The number of carbonyl (C=O) groups is 2. The normalized spacial score (nSPS) is 11.0. The predicted octanol–water partition coefficient (Wildman–Crippen LogP) is 2.72. The van der Waals surface area contributed by atoms with E-state index < -0.39 is 11.6 Å². The van der Waals surface area contributed by atoms with Gasteiger partial charge < -0.3 is 20.3 Å². The van der Waals surface area contributed by atoms with E-state index in [1.807, 2.05) is 0 Å². The van der Waals surface area contributed by atoms with Crippen molar-refractivity contribution in [1.82, 2.24) is 0 Å². The fraction of sp³-hybridized carbons (Fsp3) is 0.263. The molecule has 2 rings (SSSR count). The Morgan fingerprint density at radius 3 is 2.40 bits per heavy atom. The molecular weight excluding hydrogens is 322 g/mol. The second kappa shape index (κ2) is 7.81. The highest BCUT2D eigenvalue weighted by Gasteiger charge is 2.13. The fourth-order valence-electron chi connectivity index (χ4n) is 2.10. The molecule has 1 amide bonds. The Balaban J connectivity index is 1.92. The van der Waals surface area contributed by atoms with Gasteiger partial charge in [0.25, 0.3) is 0 Å². The lowest BCUT2D eigenvalue weighted by atomic mass is 10.1. The molecule has 0 saturated heterocycles. The van der Waals surface area contributed by atoms with E-state index in [2.05, 4.69) is 5.32 Å². The Kier molecular flexibility index (Phi) is 5.77. The van der Waals surface area contributed by atoms with Crippen molar-refractivity contribution in [3.8, 4) is 5.75 Å². The van der Waals surface area contributed by atoms with E-state index in [1.165, 1.54) is 12.1 Å². The standard InChI is InChI=1S/C19H21NO5/c1-19(2,24)12-25-16-8-6-15(7-9-16)20-17(21)11-13-4-3-5-14(10-13)18(22)23/h3-10,24H,11-12H2,1-2H3,(H,20,21)(H,22,23). The zero-order valence-corrected chi connectivity index (χ0v) is 14.2. The Bertz CT molecular complexity index is 747. The average Bonchev–Trinajstić information content (AvgIpc) is 2.53. The molecule has 6 heteroatoms. The van der Waals surface area contributed by atoms with Gasteiger partial charge in [-0.25, -0.2) is 4.79 Å². The van der Waals surface area contributed by atoms with Gasteiger partial charge in [0.05, 0.1) is 17.6 Å². The molecule has 132 valence electrons. The summed E-state index contributed by atoms with van der Waals surface area (Å²) in [6, 6.07) is 13.1. The number of nitrogens with one attached hydrogen (secondary N) is 1. The number of carboxylic acid groups (broad SMARTS) is 1. The minimum atomic E-state index is -1.02. The van der Waals surface area contributed by atoms with E-state index in [0.29, 0.717) is 17.0 Å². The molecule has 3 N–H and O–H groups in total. The highest BCUT2D eigenvalue weighted by molar-refractivity contribution is 5.93. The van der Waals surface area contributed by atoms with Gasteiger partial charge in [0.2, 0.25) is 5.91 Å². The van der Waals surface area contributed by atoms with Crippen molar-refractivity contribution < 1.29 is 24.5 Å². The second-order valence-electron chi connectivity index (χ2n) is 6.36. The van der Waals surface area contributed by atoms with Gasteiger partial charge in [-0.2, -0.15) is 0 Å². The van der Waals surface area contributed by atoms with Crippen molar-refractivity contribution >= 4 is 17.6 Å². The number of anilines is 1. The average molecular weight is 343 g/mol. The molecule has 0 spiro atoms. The highest BCUT2D eigenvalue weighted by Crippen LogP contribution is 2.17. The maximum atomic E-state index is 12.1. The number of amides is 1. The molecule has 2 aromatic carbocycles. The van der Waals surface area contributed by atoms with Gasteiger partial charge in [0, 0.05) is 5.69 Å². The van der Waals surface area contributed by atoms with E-state index in [4.69, 9.17) is 9.84 Å². The Morgan fingerprint density at radius 2 is 1.80 bits per heavy atom. The third-order valence-corrected chi connectivity index (χ3v) is 3.27. The van der Waals surface area contributed by atoms with Crippen LogP contribution in [-0.4, -0.2) is 34.3 Å². The topological polar surface area (TPSA) is 95.9 Å². The number of benzene rings is 2. The van der Waals surface area contributed by atoms with Crippen LogP contribution in [0.3, 0.4) is 0 Å². The maximum absolute atomic E-state index is 12.1. The SMILES string of the molecule is CC(C)(O)COc1ccc(NC(=O)Cc2cccc(C(=O)O)c2)cc1. The first kappa shape index (κ1) is 18.5. The molecule has 2 aromatic rings. The summed E-state index contributed by atoms with van der Waals surface area (Å²) >= 11 is 0. The Labute approximate surface area is 146 Å². The summed E-state index contributed by atoms with van der Waals surface area (Å²) in [5.41, 5.74) is 0.466. The van der Waals surface area contributed by atoms with Crippen LogP contribution < -0.4 is 10.1 Å². The number of carbonyl (C=O) groups excluding carboxylic acids is 1. The van der Waals surface area contributed by atoms with Crippen molar-refractivity contribution in [1.29, 1.82) is 0 Å². The lowest BCUT2D eigenvalue weighted by Crippen LogP contribution is -2.27. The molecular formula is C19H21NO5. The number of rotatable bonds is 7. The van der Waals surface area contributed by atoms with E-state index >= 15 is 0 Å². The monoisotopic (exact) mass is 343 g/mol. The van der Waals surface area contributed by atoms with Crippen LogP contribution >= 0.6 is 0 Å². The first-order valence-electron chi connectivity index (χ1n) is 7.80. The molecule has 6 nitrogen and oxygen atoms in total. The number of aromatic carboxylic acids is 1. The third kappa shape index (κ3) is 6.27. The maximum Gasteiger partial charge on any atom is 0.335 e. The minimum absolute atomic E-state index is 0.0814. The molecule has 0 aromatic heterocycles. The molecule has 0 aliphatic carbocycles. The number of carboxylic acids is 1. The van der Waals surface area contributed by atoms with Crippen LogP contribution in [0.1, 0.15) is 29.8 Å². The fourth-order valence-corrected chi connectivity index (χ4v) is 2.10. The zero-order chi connectivity index (χ0) is 18.4. The van der Waals surface area contributed by atoms with E-state index in [0.717, 1.165) is 0 Å². The predicted molar refractivity (Wildman–Crippen MR) is 94.0 cm³/mol. The minimum Gasteiger partial charge on any atom is -0.491 e. The molecule has 0 aliphatic heterocycles. The smallest absolute Gasteiger partial charge is 0.335 e. The summed E-state index contributed by atoms with van der Waals surface area (Å²) in [6.07, 6.45) is 0.0814. The van der Waals surface area contributed by atoms with E-state index in [-0.39, 0.29) is 24.5 Å². The summed E-state index contributed by atoms with van der Waals surface area (Å²) in [6.45, 7) is 3.47. The Morgan fingerprint density at radius 1 is 1.12 bits per heavy atom. The summed E-state index contributed by atoms with van der Waals surface area (Å²) in [4.78, 5) is 23.0. The summed E-state index contributed by atoms with van der Waals surface area (Å²) in [5.74, 6) is -0.675. The molecule has 0 aliphatic rings. The summed E-state index contributed by atoms with van der Waals surface area (Å²) in [7, 11) is 0. The lowest BCUT2D eigenvalue weighted by Gasteiger charge is -2.17. The summed E-state index contributed by atoms with van der Waals surface area (Å²) in [5, 5.41) is 21.3. The molecule has 0 heterocycles. The van der Waals surface area contributed by atoms with Gasteiger partial charge in [0.15, 0.2) is 0 Å². The molecule has 0 unspecified atom stereocenters. The molecule has 25 heavy (non-hydrogen) atoms. The quantitative estimate of drug-likeness (QED) is 0.718. The second-order valence-corrected chi connectivity index (χ2v) is 6.36. The van der Waals surface area contributed by atoms with Gasteiger partial charge in [0.1, 0.15) is 12.4 Å². The molecule has 0 atom stereocenters. The van der Waals surface area contributed by atoms with Crippen LogP contribution in [0.4, 0.5) is 5.69 Å². The van der Waals surface area contributed by atoms with Crippen LogP contribution in [0.5, 0.6) is 5.75 Å². The molecule has 0 radical (unpaired) electrons. The van der Waals surface area contributed by atoms with Gasteiger partial charge in [-0.3, -0.25) is 4.79 Å². The van der Waals surface area contributed by atoms with Crippen LogP contribution in [-0.2, 0) is 11.2 Å². The van der Waals surface area contributed by atoms with Crippen LogP contribution in [0.2, 0.25) is 0 Å². The van der Waals surface area contributed by atoms with Gasteiger partial charge in [-0.1, -0.05) is 12.1 Å². The largest absolute Gasteiger partial charge is 0.491 e. The van der Waals surface area contributed by atoms with Crippen molar-refractivity contribution in [2.24, 2.45) is 0 Å². The highest BCUT2D eigenvalue weighted by atomic mass is 16.5. The summed E-state index contributed by atoms with van der Waals surface area (Å²) < 4.78 is 5.44. The van der Waals surface area contributed by atoms with Crippen LogP contribution in [0.25, 0.3) is 0 Å². The number of hydrogen-bond donors (Lipinski definition) is 3. The van der Waals surface area contributed by atoms with Crippen molar-refractivity contribution in [3.05, 3.63) is 59.7 Å². The van der Waals surface area contributed by atoms with Gasteiger partial charge in [-0.05, 0) is 55.8 Å². The van der Waals surface area contributed by atoms with E-state index in [1.54, 1.807) is 50.2 Å². The molecule has 0 saturated carbocycles. The van der Waals surface area contributed by atoms with Crippen molar-refractivity contribution in [3.63, 3.8) is 0 Å². The van der Waals surface area contributed by atoms with Gasteiger partial charge >= 0.3 is 5.97 Å². The number of hydrogen-bond acceptors (Lipinski definition) is 4. The first-order valence-corrected chi connectivity index (χ1v) is 7.80.